The molecular weight excluding hydrogens is 310 g/mol. The summed E-state index contributed by atoms with van der Waals surface area (Å²) in [5, 5.41) is 0. The van der Waals surface area contributed by atoms with E-state index < -0.39 is 12.1 Å². The number of benzene rings is 1. The van der Waals surface area contributed by atoms with E-state index in [9.17, 15) is 9.59 Å². The van der Waals surface area contributed by atoms with Gasteiger partial charge in [-0.2, -0.15) is 0 Å². The number of nitrogens with zero attached hydrogens (tertiary/aromatic N) is 1. The average Bonchev–Trinajstić information content (AvgIpc) is 2.62. The van der Waals surface area contributed by atoms with Crippen molar-refractivity contribution in [1.82, 2.24) is 4.98 Å². The minimum absolute atomic E-state index is 0.252. The Morgan fingerprint density at radius 3 is 2.29 bits per heavy atom. The van der Waals surface area contributed by atoms with E-state index in [1.165, 1.54) is 26.3 Å². The molecule has 0 N–H and O–H groups in total. The lowest BCUT2D eigenvalue weighted by Gasteiger charge is -2.13. The van der Waals surface area contributed by atoms with Crippen molar-refractivity contribution >= 4 is 11.8 Å². The average molecular weight is 329 g/mol. The van der Waals surface area contributed by atoms with Gasteiger partial charge in [0, 0.05) is 17.8 Å². The number of esters is 1. The third-order valence-corrected chi connectivity index (χ3v) is 3.28. The van der Waals surface area contributed by atoms with Crippen LogP contribution in [0.4, 0.5) is 0 Å². The minimum Gasteiger partial charge on any atom is -0.494 e. The highest BCUT2D eigenvalue weighted by Crippen LogP contribution is 2.15. The number of rotatable bonds is 7. The number of Topliss-reactive ketones (excluding diaryl/α,β-unsaturated/α-hetero) is 1. The number of ketones is 1. The van der Waals surface area contributed by atoms with Gasteiger partial charge in [-0.1, -0.05) is 0 Å². The normalized spacial score (nSPS) is 11.5. The molecular formula is C18H19NO5. The number of carbonyl (C=O) groups excluding carboxylic acids is 2. The highest BCUT2D eigenvalue weighted by Gasteiger charge is 2.20. The van der Waals surface area contributed by atoms with Crippen molar-refractivity contribution in [3.63, 3.8) is 0 Å². The van der Waals surface area contributed by atoms with Gasteiger partial charge < -0.3 is 14.2 Å². The molecule has 126 valence electrons. The largest absolute Gasteiger partial charge is 0.494 e. The Kier molecular flexibility index (Phi) is 5.89. The molecule has 6 nitrogen and oxygen atoms in total. The van der Waals surface area contributed by atoms with E-state index in [-0.39, 0.29) is 11.3 Å². The zero-order valence-corrected chi connectivity index (χ0v) is 13.8. The monoisotopic (exact) mass is 329 g/mol. The highest BCUT2D eigenvalue weighted by atomic mass is 16.5. The van der Waals surface area contributed by atoms with Crippen LogP contribution in [0.1, 0.15) is 34.6 Å². The summed E-state index contributed by atoms with van der Waals surface area (Å²) in [6, 6.07) is 9.79. The summed E-state index contributed by atoms with van der Waals surface area (Å²) >= 11 is 0. The van der Waals surface area contributed by atoms with Gasteiger partial charge in [-0.05, 0) is 44.2 Å². The van der Waals surface area contributed by atoms with Gasteiger partial charge in [0.05, 0.1) is 19.3 Å². The zero-order valence-electron chi connectivity index (χ0n) is 13.8. The minimum atomic E-state index is -0.905. The molecule has 2 rings (SSSR count). The molecule has 24 heavy (non-hydrogen) atoms. The topological polar surface area (TPSA) is 74.7 Å². The van der Waals surface area contributed by atoms with Crippen LogP contribution in [0.3, 0.4) is 0 Å². The molecule has 0 fully saturated rings. The summed E-state index contributed by atoms with van der Waals surface area (Å²) in [6.07, 6.45) is 0.437. The number of aromatic nitrogens is 1. The van der Waals surface area contributed by atoms with E-state index in [1.54, 1.807) is 30.3 Å². The van der Waals surface area contributed by atoms with Gasteiger partial charge in [-0.3, -0.25) is 4.79 Å². The van der Waals surface area contributed by atoms with Gasteiger partial charge in [0.15, 0.2) is 6.10 Å². The zero-order chi connectivity index (χ0) is 17.5. The second-order valence-electron chi connectivity index (χ2n) is 4.96. The Balaban J connectivity index is 2.00. The molecule has 1 aromatic heterocycles. The molecule has 0 amide bonds. The van der Waals surface area contributed by atoms with Crippen LogP contribution >= 0.6 is 0 Å². The summed E-state index contributed by atoms with van der Waals surface area (Å²) < 4.78 is 15.5. The number of methoxy groups -OCH3 is 1. The van der Waals surface area contributed by atoms with Crippen molar-refractivity contribution in [2.75, 3.05) is 13.7 Å². The summed E-state index contributed by atoms with van der Waals surface area (Å²) in [6.45, 7) is 3.97. The molecule has 2 aromatic rings. The standard InChI is InChI=1S/C18H19NO5/c1-4-23-15-8-5-13(6-9-15)17(20)12(2)24-18(21)14-7-10-16(22-3)19-11-14/h5-12H,4H2,1-3H3. The maximum absolute atomic E-state index is 12.3. The van der Waals surface area contributed by atoms with Gasteiger partial charge >= 0.3 is 5.97 Å². The second kappa shape index (κ2) is 8.10. The Labute approximate surface area is 140 Å². The lowest BCUT2D eigenvalue weighted by molar-refractivity contribution is 0.0318. The van der Waals surface area contributed by atoms with Gasteiger partial charge in [0.25, 0.3) is 0 Å². The van der Waals surface area contributed by atoms with Crippen molar-refractivity contribution in [1.29, 1.82) is 0 Å². The number of hydrogen-bond acceptors (Lipinski definition) is 6. The first-order valence-corrected chi connectivity index (χ1v) is 7.53. The smallest absolute Gasteiger partial charge is 0.340 e. The molecule has 0 aliphatic rings. The molecule has 0 saturated heterocycles. The van der Waals surface area contributed by atoms with Gasteiger partial charge in [-0.15, -0.1) is 0 Å². The summed E-state index contributed by atoms with van der Waals surface area (Å²) in [5.41, 5.74) is 0.703. The van der Waals surface area contributed by atoms with Crippen LogP contribution in [0.5, 0.6) is 11.6 Å². The number of carbonyl (C=O) groups is 2. The molecule has 1 aromatic carbocycles. The van der Waals surface area contributed by atoms with Crippen molar-refractivity contribution < 1.29 is 23.8 Å². The van der Waals surface area contributed by atoms with Crippen LogP contribution in [0.2, 0.25) is 0 Å². The molecule has 0 bridgehead atoms. The fourth-order valence-corrected chi connectivity index (χ4v) is 2.02. The van der Waals surface area contributed by atoms with E-state index in [0.717, 1.165) is 0 Å². The third kappa shape index (κ3) is 4.32. The van der Waals surface area contributed by atoms with Gasteiger partial charge in [0.1, 0.15) is 5.75 Å². The summed E-state index contributed by atoms with van der Waals surface area (Å²) in [5.74, 6) is 0.179. The van der Waals surface area contributed by atoms with Crippen LogP contribution in [0.15, 0.2) is 42.6 Å². The molecule has 0 spiro atoms. The van der Waals surface area contributed by atoms with E-state index in [0.29, 0.717) is 23.8 Å². The number of ether oxygens (including phenoxy) is 3. The van der Waals surface area contributed by atoms with E-state index in [1.807, 2.05) is 6.92 Å². The molecule has 6 heteroatoms. The molecule has 0 aliphatic carbocycles. The molecule has 0 saturated carbocycles. The fraction of sp³-hybridized carbons (Fsp3) is 0.278. The van der Waals surface area contributed by atoms with Gasteiger partial charge in [-0.25, -0.2) is 9.78 Å². The molecule has 0 radical (unpaired) electrons. The summed E-state index contributed by atoms with van der Waals surface area (Å²) in [4.78, 5) is 28.3. The first kappa shape index (κ1) is 17.5. The SMILES string of the molecule is CCOc1ccc(C(=O)C(C)OC(=O)c2ccc(OC)nc2)cc1. The van der Waals surface area contributed by atoms with Crippen LogP contribution in [0.25, 0.3) is 0 Å². The van der Waals surface area contributed by atoms with Crippen LogP contribution in [-0.4, -0.2) is 36.6 Å². The van der Waals surface area contributed by atoms with Gasteiger partial charge in [0.2, 0.25) is 11.7 Å². The lowest BCUT2D eigenvalue weighted by atomic mass is 10.1. The first-order valence-electron chi connectivity index (χ1n) is 7.53. The third-order valence-electron chi connectivity index (χ3n) is 3.28. The Bertz CT molecular complexity index is 694. The Hall–Kier alpha value is -2.89. The first-order chi connectivity index (χ1) is 11.5. The second-order valence-corrected chi connectivity index (χ2v) is 4.96. The predicted molar refractivity (Wildman–Crippen MR) is 87.6 cm³/mol. The molecule has 0 aliphatic heterocycles. The highest BCUT2D eigenvalue weighted by molar-refractivity contribution is 6.01. The fourth-order valence-electron chi connectivity index (χ4n) is 2.02. The Morgan fingerprint density at radius 1 is 1.08 bits per heavy atom. The van der Waals surface area contributed by atoms with Crippen molar-refractivity contribution in [3.05, 3.63) is 53.7 Å². The van der Waals surface area contributed by atoms with Crippen LogP contribution < -0.4 is 9.47 Å². The quantitative estimate of drug-likeness (QED) is 0.574. The lowest BCUT2D eigenvalue weighted by Crippen LogP contribution is -2.24. The van der Waals surface area contributed by atoms with E-state index in [2.05, 4.69) is 4.98 Å². The summed E-state index contributed by atoms with van der Waals surface area (Å²) in [7, 11) is 1.48. The van der Waals surface area contributed by atoms with Crippen LogP contribution in [0, 0.1) is 0 Å². The maximum Gasteiger partial charge on any atom is 0.340 e. The van der Waals surface area contributed by atoms with E-state index in [4.69, 9.17) is 14.2 Å². The van der Waals surface area contributed by atoms with Crippen LogP contribution in [-0.2, 0) is 4.74 Å². The van der Waals surface area contributed by atoms with E-state index >= 15 is 0 Å². The molecule has 1 heterocycles. The molecule has 1 atom stereocenters. The number of hydrogen-bond donors (Lipinski definition) is 0. The molecule has 1 unspecified atom stereocenters. The van der Waals surface area contributed by atoms with Crippen molar-refractivity contribution in [2.45, 2.75) is 20.0 Å². The van der Waals surface area contributed by atoms with Crippen molar-refractivity contribution in [2.24, 2.45) is 0 Å². The maximum atomic E-state index is 12.3. The Morgan fingerprint density at radius 2 is 1.75 bits per heavy atom. The predicted octanol–water partition coefficient (Wildman–Crippen LogP) is 2.92. The van der Waals surface area contributed by atoms with Crippen molar-refractivity contribution in [3.8, 4) is 11.6 Å². The number of pyridine rings is 1.